The summed E-state index contributed by atoms with van der Waals surface area (Å²) in [6.07, 6.45) is 0.988. The van der Waals surface area contributed by atoms with Crippen LogP contribution in [0.15, 0.2) is 42.5 Å². The fourth-order valence-corrected chi connectivity index (χ4v) is 6.41. The number of aryl methyl sites for hydroxylation is 2. The third-order valence-electron chi connectivity index (χ3n) is 6.50. The molecule has 2 aromatic carbocycles. The van der Waals surface area contributed by atoms with Crippen LogP contribution in [-0.4, -0.2) is 11.4 Å². The maximum atomic E-state index is 6.51. The number of thiophene rings is 1. The topological polar surface area (TPSA) is 29.3 Å². The van der Waals surface area contributed by atoms with Crippen LogP contribution in [-0.2, 0) is 24.9 Å². The van der Waals surface area contributed by atoms with Crippen LogP contribution in [0.3, 0.4) is 0 Å². The molecule has 3 aromatic rings. The van der Waals surface area contributed by atoms with Crippen molar-refractivity contribution in [1.29, 1.82) is 0 Å². The summed E-state index contributed by atoms with van der Waals surface area (Å²) in [6, 6.07) is 15.7. The van der Waals surface area contributed by atoms with Gasteiger partial charge in [0.05, 0.1) is 5.00 Å². The standard InChI is InChI=1S/C24H26N2S/c1-15-9-18-11-19-22-21(27-23(19)25)13-26(12-17-7-5-4-6-8-17)14-24(22,3)20(18)10-16(15)2/h4-10H,11-14,25H2,1-3H3. The lowest BCUT2D eigenvalue weighted by molar-refractivity contribution is 0.196. The second kappa shape index (κ2) is 5.95. The highest BCUT2D eigenvalue weighted by Gasteiger charge is 2.44. The molecular weight excluding hydrogens is 348 g/mol. The molecule has 1 aliphatic carbocycles. The third-order valence-corrected chi connectivity index (χ3v) is 7.55. The van der Waals surface area contributed by atoms with Gasteiger partial charge in [-0.1, -0.05) is 49.4 Å². The molecule has 138 valence electrons. The van der Waals surface area contributed by atoms with Crippen LogP contribution in [0.4, 0.5) is 5.00 Å². The molecule has 0 saturated carbocycles. The molecule has 0 spiro atoms. The van der Waals surface area contributed by atoms with Crippen LogP contribution in [0.1, 0.15) is 50.7 Å². The Morgan fingerprint density at radius 3 is 2.63 bits per heavy atom. The Balaban J connectivity index is 1.64. The SMILES string of the molecule is Cc1cc2c(cc1C)C1(C)CN(Cc3ccccc3)Cc3sc(N)c(c31)C2. The second-order valence-corrected chi connectivity index (χ2v) is 9.61. The molecule has 1 unspecified atom stereocenters. The minimum Gasteiger partial charge on any atom is -0.390 e. The molecule has 2 aliphatic rings. The summed E-state index contributed by atoms with van der Waals surface area (Å²) in [7, 11) is 0. The summed E-state index contributed by atoms with van der Waals surface area (Å²) in [5.74, 6) is 0. The molecule has 0 fully saturated rings. The van der Waals surface area contributed by atoms with Gasteiger partial charge in [0, 0.05) is 36.3 Å². The zero-order valence-corrected chi connectivity index (χ0v) is 17.1. The van der Waals surface area contributed by atoms with Crippen molar-refractivity contribution in [2.75, 3.05) is 12.3 Å². The molecule has 2 nitrogen and oxygen atoms in total. The van der Waals surface area contributed by atoms with Crippen molar-refractivity contribution in [2.24, 2.45) is 0 Å². The Kier molecular flexibility index (Phi) is 3.75. The lowest BCUT2D eigenvalue weighted by atomic mass is 9.65. The first kappa shape index (κ1) is 17.0. The van der Waals surface area contributed by atoms with Crippen molar-refractivity contribution in [3.05, 3.63) is 86.3 Å². The van der Waals surface area contributed by atoms with Gasteiger partial charge in [-0.25, -0.2) is 0 Å². The van der Waals surface area contributed by atoms with Crippen molar-refractivity contribution >= 4 is 16.3 Å². The van der Waals surface area contributed by atoms with Gasteiger partial charge in [-0.05, 0) is 52.8 Å². The van der Waals surface area contributed by atoms with Gasteiger partial charge in [0.1, 0.15) is 0 Å². The van der Waals surface area contributed by atoms with Crippen LogP contribution in [0.5, 0.6) is 0 Å². The van der Waals surface area contributed by atoms with Crippen LogP contribution < -0.4 is 5.73 Å². The molecule has 0 radical (unpaired) electrons. The molecule has 5 rings (SSSR count). The van der Waals surface area contributed by atoms with Crippen LogP contribution >= 0.6 is 11.3 Å². The molecule has 0 bridgehead atoms. The number of anilines is 1. The molecule has 0 amide bonds. The fourth-order valence-electron chi connectivity index (χ4n) is 5.15. The third kappa shape index (κ3) is 2.56. The lowest BCUT2D eigenvalue weighted by Gasteiger charge is -2.45. The summed E-state index contributed by atoms with van der Waals surface area (Å²) in [4.78, 5) is 4.07. The summed E-state index contributed by atoms with van der Waals surface area (Å²) in [5, 5.41) is 1.02. The minimum absolute atomic E-state index is 0.0257. The van der Waals surface area contributed by atoms with Crippen molar-refractivity contribution in [3.63, 3.8) is 0 Å². The van der Waals surface area contributed by atoms with E-state index in [-0.39, 0.29) is 5.41 Å². The molecule has 1 aliphatic heterocycles. The number of rotatable bonds is 2. The average Bonchev–Trinajstić information content (AvgIpc) is 2.94. The predicted octanol–water partition coefficient (Wildman–Crippen LogP) is 5.17. The van der Waals surface area contributed by atoms with Crippen molar-refractivity contribution in [1.82, 2.24) is 4.90 Å². The first-order valence-corrected chi connectivity index (χ1v) is 10.5. The minimum atomic E-state index is 0.0257. The monoisotopic (exact) mass is 374 g/mol. The van der Waals surface area contributed by atoms with E-state index in [2.05, 4.69) is 68.1 Å². The Labute approximate surface area is 165 Å². The normalized spacial score (nSPS) is 21.0. The van der Waals surface area contributed by atoms with E-state index in [1.54, 1.807) is 0 Å². The summed E-state index contributed by atoms with van der Waals surface area (Å²) >= 11 is 1.81. The number of benzene rings is 2. The number of nitrogens with zero attached hydrogens (tertiary/aromatic N) is 1. The molecule has 0 saturated heterocycles. The summed E-state index contributed by atoms with van der Waals surface area (Å²) in [5.41, 5.74) is 16.6. The van der Waals surface area contributed by atoms with Gasteiger partial charge in [-0.2, -0.15) is 0 Å². The largest absolute Gasteiger partial charge is 0.390 e. The van der Waals surface area contributed by atoms with Gasteiger partial charge in [-0.15, -0.1) is 11.3 Å². The van der Waals surface area contributed by atoms with E-state index < -0.39 is 0 Å². The van der Waals surface area contributed by atoms with Crippen molar-refractivity contribution in [2.45, 2.75) is 45.7 Å². The molecule has 3 heteroatoms. The van der Waals surface area contributed by atoms with Gasteiger partial charge >= 0.3 is 0 Å². The van der Waals surface area contributed by atoms with Gasteiger partial charge in [0.25, 0.3) is 0 Å². The first-order chi connectivity index (χ1) is 13.0. The van der Waals surface area contributed by atoms with Gasteiger partial charge in [0.2, 0.25) is 0 Å². The van der Waals surface area contributed by atoms with E-state index in [0.717, 1.165) is 31.1 Å². The Bertz CT molecular complexity index is 1030. The maximum absolute atomic E-state index is 6.51. The lowest BCUT2D eigenvalue weighted by Crippen LogP contribution is -2.46. The highest BCUT2D eigenvalue weighted by atomic mass is 32.1. The summed E-state index contributed by atoms with van der Waals surface area (Å²) < 4.78 is 0. The number of hydrogen-bond donors (Lipinski definition) is 1. The second-order valence-electron chi connectivity index (χ2n) is 8.48. The zero-order valence-electron chi connectivity index (χ0n) is 16.3. The first-order valence-electron chi connectivity index (χ1n) is 9.73. The predicted molar refractivity (Wildman–Crippen MR) is 114 cm³/mol. The Morgan fingerprint density at radius 2 is 1.85 bits per heavy atom. The van der Waals surface area contributed by atoms with E-state index >= 15 is 0 Å². The Hall–Kier alpha value is -2.10. The average molecular weight is 375 g/mol. The number of fused-ring (bicyclic) bond motifs is 2. The van der Waals surface area contributed by atoms with E-state index in [1.807, 2.05) is 11.3 Å². The highest BCUT2D eigenvalue weighted by Crippen LogP contribution is 2.52. The number of nitrogens with two attached hydrogens (primary N) is 1. The molecule has 1 aromatic heterocycles. The zero-order chi connectivity index (χ0) is 18.8. The highest BCUT2D eigenvalue weighted by molar-refractivity contribution is 7.16. The quantitative estimate of drug-likeness (QED) is 0.670. The maximum Gasteiger partial charge on any atom is 0.0898 e. The smallest absolute Gasteiger partial charge is 0.0898 e. The van der Waals surface area contributed by atoms with Crippen molar-refractivity contribution < 1.29 is 0 Å². The summed E-state index contributed by atoms with van der Waals surface area (Å²) in [6.45, 7) is 9.94. The van der Waals surface area contributed by atoms with Gasteiger partial charge in [0.15, 0.2) is 0 Å². The van der Waals surface area contributed by atoms with E-state index in [0.29, 0.717) is 0 Å². The van der Waals surface area contributed by atoms with Crippen molar-refractivity contribution in [3.8, 4) is 0 Å². The van der Waals surface area contributed by atoms with E-state index in [4.69, 9.17) is 5.73 Å². The molecule has 2 heterocycles. The fraction of sp³-hybridized carbons (Fsp3) is 0.333. The Morgan fingerprint density at radius 1 is 1.11 bits per heavy atom. The number of hydrogen-bond acceptors (Lipinski definition) is 3. The van der Waals surface area contributed by atoms with E-state index in [1.165, 1.54) is 43.8 Å². The molecule has 1 atom stereocenters. The van der Waals surface area contributed by atoms with Crippen LogP contribution in [0, 0.1) is 13.8 Å². The molecule has 2 N–H and O–H groups in total. The molecular formula is C24H26N2S. The van der Waals surface area contributed by atoms with Crippen LogP contribution in [0.25, 0.3) is 0 Å². The molecule has 27 heavy (non-hydrogen) atoms. The van der Waals surface area contributed by atoms with Crippen LogP contribution in [0.2, 0.25) is 0 Å². The van der Waals surface area contributed by atoms with E-state index in [9.17, 15) is 0 Å². The number of nitrogen functional groups attached to an aromatic ring is 1. The van der Waals surface area contributed by atoms with Gasteiger partial charge < -0.3 is 5.73 Å². The van der Waals surface area contributed by atoms with Gasteiger partial charge in [-0.3, -0.25) is 4.90 Å².